The molecule has 1 unspecified atom stereocenters. The van der Waals surface area contributed by atoms with E-state index in [2.05, 4.69) is 41.0 Å². The highest BCUT2D eigenvalue weighted by atomic mass is 35.5. The van der Waals surface area contributed by atoms with Gasteiger partial charge in [-0.25, -0.2) is 9.97 Å². The topological polar surface area (TPSA) is 50.3 Å². The summed E-state index contributed by atoms with van der Waals surface area (Å²) in [6.45, 7) is 10.3. The van der Waals surface area contributed by atoms with Gasteiger partial charge in [-0.3, -0.25) is 0 Å². The average molecular weight is 315 g/mol. The van der Waals surface area contributed by atoms with Crippen LogP contribution in [0.25, 0.3) is 0 Å². The third-order valence-electron chi connectivity index (χ3n) is 3.41. The van der Waals surface area contributed by atoms with Gasteiger partial charge < -0.3 is 15.0 Å². The van der Waals surface area contributed by atoms with Crippen LogP contribution in [0.2, 0.25) is 5.15 Å². The second-order valence-corrected chi connectivity index (χ2v) is 5.53. The molecule has 0 bridgehead atoms. The van der Waals surface area contributed by atoms with Gasteiger partial charge in [0.05, 0.1) is 0 Å². The van der Waals surface area contributed by atoms with Crippen LogP contribution in [0.5, 0.6) is 0 Å². The van der Waals surface area contributed by atoms with Gasteiger partial charge in [0, 0.05) is 19.2 Å². The normalized spacial score (nSPS) is 12.7. The molecule has 1 aromatic rings. The van der Waals surface area contributed by atoms with Crippen molar-refractivity contribution in [2.24, 2.45) is 0 Å². The molecule has 0 amide bonds. The molecule has 1 heterocycles. The van der Waals surface area contributed by atoms with Gasteiger partial charge in [0.25, 0.3) is 0 Å². The first-order valence-electron chi connectivity index (χ1n) is 7.60. The Morgan fingerprint density at radius 3 is 2.67 bits per heavy atom. The zero-order valence-corrected chi connectivity index (χ0v) is 14.3. The summed E-state index contributed by atoms with van der Waals surface area (Å²) in [5.41, 5.74) is 0. The Kier molecular flexibility index (Phi) is 8.57. The van der Waals surface area contributed by atoms with Gasteiger partial charge in [0.1, 0.15) is 17.6 Å². The van der Waals surface area contributed by atoms with Crippen LogP contribution in [0.15, 0.2) is 6.07 Å². The van der Waals surface area contributed by atoms with Crippen LogP contribution >= 0.6 is 11.6 Å². The average Bonchev–Trinajstić information content (AvgIpc) is 2.43. The number of hydrogen-bond acceptors (Lipinski definition) is 5. The molecule has 0 aromatic carbocycles. The fourth-order valence-corrected chi connectivity index (χ4v) is 2.42. The Balaban J connectivity index is 2.45. The summed E-state index contributed by atoms with van der Waals surface area (Å²) in [5, 5.41) is 3.82. The predicted octanol–water partition coefficient (Wildman–Crippen LogP) is 3.20. The number of ether oxygens (including phenoxy) is 1. The first-order valence-corrected chi connectivity index (χ1v) is 7.98. The summed E-state index contributed by atoms with van der Waals surface area (Å²) in [6, 6.07) is 2.10. The molecule has 1 N–H and O–H groups in total. The standard InChI is InChI=1S/C15H27ClN4O/c1-5-20(6-2)9-7-8-12(3)17-14-10-13(16)18-15(19-14)11-21-4/h10,12H,5-9,11H2,1-4H3,(H,17,18,19). The van der Waals surface area contributed by atoms with E-state index in [0.717, 1.165) is 31.9 Å². The molecule has 1 rings (SSSR count). The maximum Gasteiger partial charge on any atom is 0.158 e. The lowest BCUT2D eigenvalue weighted by atomic mass is 10.1. The molecule has 0 fully saturated rings. The highest BCUT2D eigenvalue weighted by molar-refractivity contribution is 6.29. The first kappa shape index (κ1) is 18.1. The molecule has 0 spiro atoms. The summed E-state index contributed by atoms with van der Waals surface area (Å²) in [7, 11) is 1.62. The largest absolute Gasteiger partial charge is 0.377 e. The predicted molar refractivity (Wildman–Crippen MR) is 87.9 cm³/mol. The highest BCUT2D eigenvalue weighted by Gasteiger charge is 2.08. The lowest BCUT2D eigenvalue weighted by molar-refractivity contribution is 0.178. The lowest BCUT2D eigenvalue weighted by Gasteiger charge is -2.20. The maximum atomic E-state index is 6.00. The van der Waals surface area contributed by atoms with Gasteiger partial charge in [-0.05, 0) is 39.4 Å². The number of methoxy groups -OCH3 is 1. The fraction of sp³-hybridized carbons (Fsp3) is 0.733. The van der Waals surface area contributed by atoms with Crippen LogP contribution in [0.3, 0.4) is 0 Å². The molecule has 5 nitrogen and oxygen atoms in total. The van der Waals surface area contributed by atoms with Gasteiger partial charge in [-0.15, -0.1) is 0 Å². The van der Waals surface area contributed by atoms with Gasteiger partial charge in [-0.2, -0.15) is 0 Å². The quantitative estimate of drug-likeness (QED) is 0.672. The third kappa shape index (κ3) is 7.07. The zero-order valence-electron chi connectivity index (χ0n) is 13.5. The minimum atomic E-state index is 0.349. The van der Waals surface area contributed by atoms with E-state index in [1.165, 1.54) is 6.42 Å². The molecule has 0 radical (unpaired) electrons. The zero-order chi connectivity index (χ0) is 15.7. The smallest absolute Gasteiger partial charge is 0.158 e. The summed E-state index contributed by atoms with van der Waals surface area (Å²) in [5.74, 6) is 1.36. The Hall–Kier alpha value is -0.910. The SMILES string of the molecule is CCN(CC)CCCC(C)Nc1cc(Cl)nc(COC)n1. The molecule has 0 aliphatic heterocycles. The van der Waals surface area contributed by atoms with E-state index in [-0.39, 0.29) is 0 Å². The summed E-state index contributed by atoms with van der Waals surface area (Å²) in [6.07, 6.45) is 2.26. The number of halogens is 1. The molecule has 1 aromatic heterocycles. The van der Waals surface area contributed by atoms with E-state index < -0.39 is 0 Å². The maximum absolute atomic E-state index is 6.00. The van der Waals surface area contributed by atoms with E-state index in [1.807, 2.05) is 0 Å². The Morgan fingerprint density at radius 1 is 1.33 bits per heavy atom. The van der Waals surface area contributed by atoms with Crippen molar-refractivity contribution in [3.63, 3.8) is 0 Å². The summed E-state index contributed by atoms with van der Waals surface area (Å²) >= 11 is 6.00. The Bertz CT molecular complexity index is 413. The number of rotatable bonds is 10. The van der Waals surface area contributed by atoms with Crippen LogP contribution in [0.4, 0.5) is 5.82 Å². The van der Waals surface area contributed by atoms with E-state index in [9.17, 15) is 0 Å². The summed E-state index contributed by atoms with van der Waals surface area (Å²) < 4.78 is 5.04. The Morgan fingerprint density at radius 2 is 2.05 bits per heavy atom. The molecular formula is C15H27ClN4O. The van der Waals surface area contributed by atoms with Crippen molar-refractivity contribution >= 4 is 17.4 Å². The van der Waals surface area contributed by atoms with Gasteiger partial charge in [0.15, 0.2) is 5.82 Å². The minimum Gasteiger partial charge on any atom is -0.377 e. The number of anilines is 1. The van der Waals surface area contributed by atoms with Crippen molar-refractivity contribution in [3.8, 4) is 0 Å². The summed E-state index contributed by atoms with van der Waals surface area (Å²) in [4.78, 5) is 11.0. The van der Waals surface area contributed by atoms with Crippen LogP contribution in [0.1, 0.15) is 39.4 Å². The van der Waals surface area contributed by atoms with E-state index in [4.69, 9.17) is 16.3 Å². The molecule has 0 saturated heterocycles. The molecule has 0 aliphatic carbocycles. The molecule has 0 saturated carbocycles. The number of hydrogen-bond donors (Lipinski definition) is 1. The number of nitrogens with one attached hydrogen (secondary N) is 1. The number of aromatic nitrogens is 2. The lowest BCUT2D eigenvalue weighted by Crippen LogP contribution is -2.25. The van der Waals surface area contributed by atoms with Gasteiger partial charge in [0.2, 0.25) is 0 Å². The van der Waals surface area contributed by atoms with Crippen molar-refractivity contribution in [2.75, 3.05) is 32.1 Å². The second kappa shape index (κ2) is 9.92. The Labute approximate surface area is 133 Å². The molecule has 6 heteroatoms. The van der Waals surface area contributed by atoms with Crippen molar-refractivity contribution < 1.29 is 4.74 Å². The number of nitrogens with zero attached hydrogens (tertiary/aromatic N) is 3. The van der Waals surface area contributed by atoms with Crippen LogP contribution in [-0.2, 0) is 11.3 Å². The first-order chi connectivity index (χ1) is 10.1. The van der Waals surface area contributed by atoms with E-state index in [1.54, 1.807) is 13.2 Å². The molecule has 0 aliphatic rings. The molecule has 21 heavy (non-hydrogen) atoms. The molecule has 1 atom stereocenters. The third-order valence-corrected chi connectivity index (χ3v) is 3.61. The monoisotopic (exact) mass is 314 g/mol. The fourth-order valence-electron chi connectivity index (χ4n) is 2.22. The van der Waals surface area contributed by atoms with Crippen LogP contribution in [0, 0.1) is 0 Å². The second-order valence-electron chi connectivity index (χ2n) is 5.14. The van der Waals surface area contributed by atoms with Crippen molar-refractivity contribution in [1.82, 2.24) is 14.9 Å². The van der Waals surface area contributed by atoms with Crippen molar-refractivity contribution in [1.29, 1.82) is 0 Å². The highest BCUT2D eigenvalue weighted by Crippen LogP contribution is 2.14. The molecule has 120 valence electrons. The van der Waals surface area contributed by atoms with Gasteiger partial charge >= 0.3 is 0 Å². The van der Waals surface area contributed by atoms with Crippen LogP contribution < -0.4 is 5.32 Å². The van der Waals surface area contributed by atoms with Gasteiger partial charge in [-0.1, -0.05) is 25.4 Å². The van der Waals surface area contributed by atoms with E-state index in [0.29, 0.717) is 23.6 Å². The van der Waals surface area contributed by atoms with Crippen molar-refractivity contribution in [3.05, 3.63) is 17.0 Å². The van der Waals surface area contributed by atoms with E-state index >= 15 is 0 Å². The van der Waals surface area contributed by atoms with Crippen LogP contribution in [-0.4, -0.2) is 47.7 Å². The molecular weight excluding hydrogens is 288 g/mol. The van der Waals surface area contributed by atoms with Crippen molar-refractivity contribution in [2.45, 2.75) is 46.3 Å². The minimum absolute atomic E-state index is 0.349.